The van der Waals surface area contributed by atoms with Crippen LogP contribution in [0.25, 0.3) is 0 Å². The number of ether oxygens (including phenoxy) is 1. The average Bonchev–Trinajstić information content (AvgIpc) is 2.62. The third kappa shape index (κ3) is 5.21. The van der Waals surface area contributed by atoms with Crippen LogP contribution in [0, 0.1) is 6.92 Å². The number of hydrogen-bond donors (Lipinski definition) is 1. The number of carbonyl (C=O) groups excluding carboxylic acids is 3. The first-order valence-electron chi connectivity index (χ1n) is 8.96. The quantitative estimate of drug-likeness (QED) is 0.873. The molecule has 1 fully saturated rings. The van der Waals surface area contributed by atoms with Gasteiger partial charge in [-0.05, 0) is 38.3 Å². The fraction of sp³-hybridized carbons (Fsp3) is 0.526. The number of para-hydroxylation sites is 1. The number of amides is 3. The van der Waals surface area contributed by atoms with Crippen molar-refractivity contribution >= 4 is 23.6 Å². The van der Waals surface area contributed by atoms with Crippen molar-refractivity contribution in [2.75, 3.05) is 31.6 Å². The molecule has 0 bridgehead atoms. The molecule has 7 nitrogen and oxygen atoms in total. The van der Waals surface area contributed by atoms with E-state index in [-0.39, 0.29) is 30.5 Å². The predicted octanol–water partition coefficient (Wildman–Crippen LogP) is 2.40. The highest BCUT2D eigenvalue weighted by atomic mass is 16.6. The van der Waals surface area contributed by atoms with Crippen LogP contribution in [0.1, 0.15) is 32.3 Å². The van der Waals surface area contributed by atoms with Gasteiger partial charge in [0.25, 0.3) is 0 Å². The van der Waals surface area contributed by atoms with Crippen LogP contribution < -0.4 is 5.32 Å². The molecule has 1 aliphatic heterocycles. The molecular formula is C19H27N3O4. The van der Waals surface area contributed by atoms with E-state index in [4.69, 9.17) is 4.74 Å². The summed E-state index contributed by atoms with van der Waals surface area (Å²) < 4.78 is 5.01. The van der Waals surface area contributed by atoms with E-state index in [9.17, 15) is 14.4 Å². The molecule has 142 valence electrons. The maximum Gasteiger partial charge on any atom is 0.409 e. The molecular weight excluding hydrogens is 334 g/mol. The number of piperidine rings is 1. The number of carbonyl (C=O) groups is 3. The van der Waals surface area contributed by atoms with Gasteiger partial charge in [-0.3, -0.25) is 9.59 Å². The van der Waals surface area contributed by atoms with Gasteiger partial charge >= 0.3 is 6.09 Å². The second-order valence-corrected chi connectivity index (χ2v) is 6.43. The fourth-order valence-corrected chi connectivity index (χ4v) is 3.13. The van der Waals surface area contributed by atoms with Gasteiger partial charge in [0.05, 0.1) is 6.61 Å². The SMILES string of the molecule is CCOC(=O)N1CCC(N(CC(=O)Nc2ccccc2C)C(C)=O)CC1. The summed E-state index contributed by atoms with van der Waals surface area (Å²) in [6, 6.07) is 7.47. The Balaban J connectivity index is 1.93. The normalized spacial score (nSPS) is 14.7. The molecule has 0 unspecified atom stereocenters. The highest BCUT2D eigenvalue weighted by Crippen LogP contribution is 2.18. The highest BCUT2D eigenvalue weighted by Gasteiger charge is 2.30. The molecule has 3 amide bonds. The third-order valence-corrected chi connectivity index (χ3v) is 4.57. The van der Waals surface area contributed by atoms with Gasteiger partial charge in [0.15, 0.2) is 0 Å². The number of likely N-dealkylation sites (tertiary alicyclic amines) is 1. The lowest BCUT2D eigenvalue weighted by atomic mass is 10.0. The molecule has 2 rings (SSSR count). The second-order valence-electron chi connectivity index (χ2n) is 6.43. The van der Waals surface area contributed by atoms with Crippen molar-refractivity contribution in [3.63, 3.8) is 0 Å². The zero-order valence-electron chi connectivity index (χ0n) is 15.7. The van der Waals surface area contributed by atoms with Gasteiger partial charge in [0, 0.05) is 31.7 Å². The first-order chi connectivity index (χ1) is 12.4. The molecule has 0 aliphatic carbocycles. The van der Waals surface area contributed by atoms with E-state index in [1.54, 1.807) is 16.7 Å². The van der Waals surface area contributed by atoms with Gasteiger partial charge in [0.1, 0.15) is 6.54 Å². The zero-order chi connectivity index (χ0) is 19.1. The second kappa shape index (κ2) is 9.22. The maximum atomic E-state index is 12.4. The lowest BCUT2D eigenvalue weighted by Gasteiger charge is -2.37. The van der Waals surface area contributed by atoms with E-state index >= 15 is 0 Å². The molecule has 7 heteroatoms. The summed E-state index contributed by atoms with van der Waals surface area (Å²) in [5.41, 5.74) is 1.72. The van der Waals surface area contributed by atoms with Gasteiger partial charge in [-0.2, -0.15) is 0 Å². The Hall–Kier alpha value is -2.57. The minimum Gasteiger partial charge on any atom is -0.450 e. The standard InChI is InChI=1S/C19H27N3O4/c1-4-26-19(25)21-11-9-16(10-12-21)22(15(3)23)13-18(24)20-17-8-6-5-7-14(17)2/h5-8,16H,4,9-13H2,1-3H3,(H,20,24). The van der Waals surface area contributed by atoms with Crippen LogP contribution in [0.15, 0.2) is 24.3 Å². The minimum absolute atomic E-state index is 0.00768. The van der Waals surface area contributed by atoms with E-state index < -0.39 is 0 Å². The average molecular weight is 361 g/mol. The summed E-state index contributed by atoms with van der Waals surface area (Å²) in [6.45, 7) is 6.56. The van der Waals surface area contributed by atoms with Gasteiger partial charge in [-0.15, -0.1) is 0 Å². The molecule has 1 heterocycles. The highest BCUT2D eigenvalue weighted by molar-refractivity contribution is 5.94. The van der Waals surface area contributed by atoms with Gasteiger partial charge < -0.3 is 19.9 Å². The molecule has 1 aromatic rings. The van der Waals surface area contributed by atoms with Crippen LogP contribution in [0.5, 0.6) is 0 Å². The molecule has 0 spiro atoms. The number of rotatable bonds is 5. The molecule has 1 aliphatic rings. The Morgan fingerprint density at radius 1 is 1.23 bits per heavy atom. The molecule has 0 radical (unpaired) electrons. The number of hydrogen-bond acceptors (Lipinski definition) is 4. The van der Waals surface area contributed by atoms with Crippen LogP contribution >= 0.6 is 0 Å². The molecule has 1 aromatic carbocycles. The topological polar surface area (TPSA) is 79.0 Å². The minimum atomic E-state index is -0.322. The Labute approximate surface area is 154 Å². The summed E-state index contributed by atoms with van der Waals surface area (Å²) in [5.74, 6) is -0.359. The van der Waals surface area contributed by atoms with E-state index in [1.165, 1.54) is 6.92 Å². The summed E-state index contributed by atoms with van der Waals surface area (Å²) in [6.07, 6.45) is 0.948. The van der Waals surface area contributed by atoms with Crippen molar-refractivity contribution in [1.82, 2.24) is 9.80 Å². The Morgan fingerprint density at radius 3 is 2.46 bits per heavy atom. The smallest absolute Gasteiger partial charge is 0.409 e. The van der Waals surface area contributed by atoms with E-state index in [2.05, 4.69) is 5.32 Å². The molecule has 26 heavy (non-hydrogen) atoms. The number of benzene rings is 1. The first kappa shape index (κ1) is 19.8. The van der Waals surface area contributed by atoms with Gasteiger partial charge in [-0.25, -0.2) is 4.79 Å². The zero-order valence-corrected chi connectivity index (χ0v) is 15.7. The van der Waals surface area contributed by atoms with E-state index in [1.807, 2.05) is 31.2 Å². The first-order valence-corrected chi connectivity index (χ1v) is 8.96. The Bertz CT molecular complexity index is 654. The molecule has 0 aromatic heterocycles. The van der Waals surface area contributed by atoms with E-state index in [0.717, 1.165) is 11.3 Å². The molecule has 1 N–H and O–H groups in total. The third-order valence-electron chi connectivity index (χ3n) is 4.57. The predicted molar refractivity (Wildman–Crippen MR) is 98.8 cm³/mol. The number of anilines is 1. The van der Waals surface area contributed by atoms with Crippen molar-refractivity contribution in [1.29, 1.82) is 0 Å². The molecule has 0 saturated carbocycles. The molecule has 0 atom stereocenters. The lowest BCUT2D eigenvalue weighted by molar-refractivity contribution is -0.136. The van der Waals surface area contributed by atoms with Crippen LogP contribution in [0.3, 0.4) is 0 Å². The summed E-state index contributed by atoms with van der Waals surface area (Å²) in [7, 11) is 0. The van der Waals surface area contributed by atoms with Gasteiger partial charge in [-0.1, -0.05) is 18.2 Å². The van der Waals surface area contributed by atoms with Crippen molar-refractivity contribution in [2.45, 2.75) is 39.7 Å². The van der Waals surface area contributed by atoms with Gasteiger partial charge in [0.2, 0.25) is 11.8 Å². The van der Waals surface area contributed by atoms with Crippen molar-refractivity contribution in [3.8, 4) is 0 Å². The lowest BCUT2D eigenvalue weighted by Crippen LogP contribution is -2.50. The van der Waals surface area contributed by atoms with Crippen molar-refractivity contribution in [2.24, 2.45) is 0 Å². The van der Waals surface area contributed by atoms with Crippen LogP contribution in [-0.4, -0.2) is 60.0 Å². The molecule has 1 saturated heterocycles. The van der Waals surface area contributed by atoms with Crippen LogP contribution in [0.4, 0.5) is 10.5 Å². The van der Waals surface area contributed by atoms with E-state index in [0.29, 0.717) is 32.5 Å². The fourth-order valence-electron chi connectivity index (χ4n) is 3.13. The Morgan fingerprint density at radius 2 is 1.88 bits per heavy atom. The Kier molecular flexibility index (Phi) is 7.00. The van der Waals surface area contributed by atoms with Crippen molar-refractivity contribution < 1.29 is 19.1 Å². The summed E-state index contributed by atoms with van der Waals surface area (Å²) in [4.78, 5) is 39.5. The number of aryl methyl sites for hydroxylation is 1. The van der Waals surface area contributed by atoms with Crippen LogP contribution in [-0.2, 0) is 14.3 Å². The number of nitrogens with one attached hydrogen (secondary N) is 1. The van der Waals surface area contributed by atoms with Crippen molar-refractivity contribution in [3.05, 3.63) is 29.8 Å². The number of nitrogens with zero attached hydrogens (tertiary/aromatic N) is 2. The summed E-state index contributed by atoms with van der Waals surface area (Å²) >= 11 is 0. The summed E-state index contributed by atoms with van der Waals surface area (Å²) in [5, 5.41) is 2.86. The van der Waals surface area contributed by atoms with Crippen LogP contribution in [0.2, 0.25) is 0 Å². The largest absolute Gasteiger partial charge is 0.450 e. The maximum absolute atomic E-state index is 12.4. The monoisotopic (exact) mass is 361 g/mol.